The number of ether oxygens (including phenoxy) is 1. The van der Waals surface area contributed by atoms with Crippen LogP contribution >= 0.6 is 0 Å². The van der Waals surface area contributed by atoms with Gasteiger partial charge in [0.25, 0.3) is 0 Å². The van der Waals surface area contributed by atoms with Crippen LogP contribution in [-0.2, 0) is 4.74 Å². The number of nitrogens with one attached hydrogen (secondary N) is 1. The maximum absolute atomic E-state index is 9.31. The van der Waals surface area contributed by atoms with Crippen LogP contribution in [0.3, 0.4) is 0 Å². The van der Waals surface area contributed by atoms with Gasteiger partial charge in [0.2, 0.25) is 0 Å². The molecule has 1 unspecified atom stereocenters. The van der Waals surface area contributed by atoms with E-state index in [1.54, 1.807) is 7.11 Å². The first-order valence-electron chi connectivity index (χ1n) is 6.76. The highest BCUT2D eigenvalue weighted by Gasteiger charge is 2.25. The van der Waals surface area contributed by atoms with Gasteiger partial charge in [0.1, 0.15) is 5.54 Å². The molecule has 0 radical (unpaired) electrons. The molecule has 4 heteroatoms. The maximum atomic E-state index is 9.31. The van der Waals surface area contributed by atoms with E-state index in [-0.39, 0.29) is 0 Å². The molecular formula is C14H29N3O. The lowest BCUT2D eigenvalue weighted by atomic mass is 9.98. The number of methoxy groups -OCH3 is 1. The summed E-state index contributed by atoms with van der Waals surface area (Å²) in [4.78, 5) is 2.35. The van der Waals surface area contributed by atoms with Crippen LogP contribution in [0.25, 0.3) is 0 Å². The average molecular weight is 255 g/mol. The Morgan fingerprint density at radius 2 is 1.89 bits per heavy atom. The molecule has 0 fully saturated rings. The molecule has 0 saturated carbocycles. The molecule has 0 aliphatic heterocycles. The van der Waals surface area contributed by atoms with E-state index >= 15 is 0 Å². The fourth-order valence-corrected chi connectivity index (χ4v) is 2.00. The Morgan fingerprint density at radius 3 is 2.28 bits per heavy atom. The molecule has 0 amide bonds. The van der Waals surface area contributed by atoms with Crippen molar-refractivity contribution < 1.29 is 4.74 Å². The van der Waals surface area contributed by atoms with E-state index in [1.807, 2.05) is 6.92 Å². The monoisotopic (exact) mass is 255 g/mol. The third-order valence-corrected chi connectivity index (χ3v) is 3.07. The predicted octanol–water partition coefficient (Wildman–Crippen LogP) is 2.01. The van der Waals surface area contributed by atoms with E-state index in [2.05, 4.69) is 44.0 Å². The van der Waals surface area contributed by atoms with Gasteiger partial charge in [-0.25, -0.2) is 0 Å². The predicted molar refractivity (Wildman–Crippen MR) is 75.5 cm³/mol. The Labute approximate surface area is 112 Å². The quantitative estimate of drug-likeness (QED) is 0.685. The van der Waals surface area contributed by atoms with Crippen LogP contribution in [0.15, 0.2) is 0 Å². The zero-order valence-corrected chi connectivity index (χ0v) is 12.8. The molecule has 4 nitrogen and oxygen atoms in total. The van der Waals surface area contributed by atoms with Crippen molar-refractivity contribution in [3.05, 3.63) is 0 Å². The summed E-state index contributed by atoms with van der Waals surface area (Å²) in [6.07, 6.45) is 0.823. The Kier molecular flexibility index (Phi) is 8.17. The summed E-state index contributed by atoms with van der Waals surface area (Å²) in [5.41, 5.74) is -0.450. The minimum atomic E-state index is -0.450. The topological polar surface area (TPSA) is 48.3 Å². The Balaban J connectivity index is 4.34. The summed E-state index contributed by atoms with van der Waals surface area (Å²) in [5.74, 6) is 0. The van der Waals surface area contributed by atoms with E-state index in [9.17, 15) is 5.26 Å². The SMILES string of the molecule is COCCN(CCC(C)(C#N)NC(C)C)C(C)C. The summed E-state index contributed by atoms with van der Waals surface area (Å²) in [6.45, 7) is 13.0. The molecule has 106 valence electrons. The zero-order valence-electron chi connectivity index (χ0n) is 12.8. The molecule has 0 aromatic carbocycles. The second-order valence-electron chi connectivity index (χ2n) is 5.62. The maximum Gasteiger partial charge on any atom is 0.105 e. The van der Waals surface area contributed by atoms with Crippen molar-refractivity contribution in [2.24, 2.45) is 0 Å². The standard InChI is InChI=1S/C14H29N3O/c1-12(2)16-14(5,11-15)7-8-17(13(3)4)9-10-18-6/h12-13,16H,7-10H2,1-6H3. The highest BCUT2D eigenvalue weighted by atomic mass is 16.5. The number of rotatable bonds is 9. The number of nitriles is 1. The van der Waals surface area contributed by atoms with Crippen LogP contribution in [0, 0.1) is 11.3 Å². The van der Waals surface area contributed by atoms with Gasteiger partial charge >= 0.3 is 0 Å². The summed E-state index contributed by atoms with van der Waals surface area (Å²) in [5, 5.41) is 12.6. The molecule has 0 aromatic heterocycles. The Bertz CT molecular complexity index is 260. The van der Waals surface area contributed by atoms with Crippen LogP contribution in [0.4, 0.5) is 0 Å². The van der Waals surface area contributed by atoms with E-state index in [4.69, 9.17) is 4.74 Å². The minimum Gasteiger partial charge on any atom is -0.383 e. The summed E-state index contributed by atoms with van der Waals surface area (Å²) in [7, 11) is 1.72. The molecule has 0 saturated heterocycles. The van der Waals surface area contributed by atoms with Gasteiger partial charge in [-0.3, -0.25) is 10.2 Å². The molecule has 1 N–H and O–H groups in total. The van der Waals surface area contributed by atoms with Crippen molar-refractivity contribution in [2.75, 3.05) is 26.8 Å². The second kappa shape index (κ2) is 8.47. The normalized spacial score (nSPS) is 15.1. The highest BCUT2D eigenvalue weighted by molar-refractivity contribution is 5.04. The largest absolute Gasteiger partial charge is 0.383 e. The molecule has 0 aliphatic rings. The molecule has 0 aliphatic carbocycles. The minimum absolute atomic E-state index is 0.320. The molecule has 0 bridgehead atoms. The van der Waals surface area contributed by atoms with Crippen LogP contribution in [-0.4, -0.2) is 49.3 Å². The van der Waals surface area contributed by atoms with Gasteiger partial charge in [0.15, 0.2) is 0 Å². The number of hydrogen-bond acceptors (Lipinski definition) is 4. The van der Waals surface area contributed by atoms with E-state index in [1.165, 1.54) is 0 Å². The molecule has 0 aromatic rings. The van der Waals surface area contributed by atoms with Crippen molar-refractivity contribution in [1.82, 2.24) is 10.2 Å². The fraction of sp³-hybridized carbons (Fsp3) is 0.929. The summed E-state index contributed by atoms with van der Waals surface area (Å²) >= 11 is 0. The van der Waals surface area contributed by atoms with Gasteiger partial charge in [0, 0.05) is 32.3 Å². The molecular weight excluding hydrogens is 226 g/mol. The Hall–Kier alpha value is -0.630. The second-order valence-corrected chi connectivity index (χ2v) is 5.62. The van der Waals surface area contributed by atoms with E-state index in [0.717, 1.165) is 26.1 Å². The lowest BCUT2D eigenvalue weighted by Gasteiger charge is -2.31. The fourth-order valence-electron chi connectivity index (χ4n) is 2.00. The Morgan fingerprint density at radius 1 is 1.28 bits per heavy atom. The van der Waals surface area contributed by atoms with E-state index in [0.29, 0.717) is 12.1 Å². The first kappa shape index (κ1) is 17.4. The van der Waals surface area contributed by atoms with Crippen molar-refractivity contribution in [3.8, 4) is 6.07 Å². The van der Waals surface area contributed by atoms with Crippen molar-refractivity contribution >= 4 is 0 Å². The van der Waals surface area contributed by atoms with Crippen LogP contribution in [0.5, 0.6) is 0 Å². The van der Waals surface area contributed by atoms with Gasteiger partial charge in [-0.2, -0.15) is 5.26 Å². The summed E-state index contributed by atoms with van der Waals surface area (Å²) in [6, 6.07) is 3.19. The lowest BCUT2D eigenvalue weighted by molar-refractivity contribution is 0.123. The average Bonchev–Trinajstić information content (AvgIpc) is 2.27. The highest BCUT2D eigenvalue weighted by Crippen LogP contribution is 2.12. The molecule has 1 atom stereocenters. The molecule has 0 heterocycles. The smallest absolute Gasteiger partial charge is 0.105 e. The van der Waals surface area contributed by atoms with Gasteiger partial charge in [-0.05, 0) is 41.0 Å². The van der Waals surface area contributed by atoms with Gasteiger partial charge in [-0.15, -0.1) is 0 Å². The van der Waals surface area contributed by atoms with Crippen LogP contribution in [0.1, 0.15) is 41.0 Å². The number of hydrogen-bond donors (Lipinski definition) is 1. The van der Waals surface area contributed by atoms with Crippen molar-refractivity contribution in [2.45, 2.75) is 58.7 Å². The van der Waals surface area contributed by atoms with Crippen molar-refractivity contribution in [1.29, 1.82) is 5.26 Å². The van der Waals surface area contributed by atoms with Gasteiger partial charge < -0.3 is 4.74 Å². The van der Waals surface area contributed by atoms with Gasteiger partial charge in [-0.1, -0.05) is 0 Å². The molecule has 18 heavy (non-hydrogen) atoms. The third kappa shape index (κ3) is 6.95. The third-order valence-electron chi connectivity index (χ3n) is 3.07. The van der Waals surface area contributed by atoms with Gasteiger partial charge in [0.05, 0.1) is 12.7 Å². The van der Waals surface area contributed by atoms with Crippen LogP contribution < -0.4 is 5.32 Å². The molecule has 0 spiro atoms. The zero-order chi connectivity index (χ0) is 14.2. The number of nitrogens with zero attached hydrogens (tertiary/aromatic N) is 2. The summed E-state index contributed by atoms with van der Waals surface area (Å²) < 4.78 is 5.12. The van der Waals surface area contributed by atoms with E-state index < -0.39 is 5.54 Å². The van der Waals surface area contributed by atoms with Crippen LogP contribution in [0.2, 0.25) is 0 Å². The molecule has 0 rings (SSSR count). The first-order chi connectivity index (χ1) is 8.34. The first-order valence-corrected chi connectivity index (χ1v) is 6.76. The lowest BCUT2D eigenvalue weighted by Crippen LogP contribution is -2.48. The van der Waals surface area contributed by atoms with Crippen molar-refractivity contribution in [3.63, 3.8) is 0 Å².